The number of hydrogen-bond acceptors (Lipinski definition) is 2. The number of benzene rings is 6. The highest BCUT2D eigenvalue weighted by Gasteiger charge is 2.39. The van der Waals surface area contributed by atoms with Crippen LogP contribution in [0, 0.1) is 0 Å². The molecule has 3 heterocycles. The Bertz CT molecular complexity index is 2640. The molecule has 0 amide bonds. The van der Waals surface area contributed by atoms with Gasteiger partial charge < -0.3 is 8.98 Å². The van der Waals surface area contributed by atoms with Gasteiger partial charge in [-0.3, -0.25) is 0 Å². The van der Waals surface area contributed by atoms with Gasteiger partial charge in [-0.1, -0.05) is 117 Å². The Morgan fingerprint density at radius 1 is 0.532 bits per heavy atom. The summed E-state index contributed by atoms with van der Waals surface area (Å²) in [6.07, 6.45) is 0. The summed E-state index contributed by atoms with van der Waals surface area (Å²) in [7, 11) is 0. The van der Waals surface area contributed by atoms with Crippen molar-refractivity contribution < 1.29 is 4.42 Å². The average Bonchev–Trinajstić information content (AvgIpc) is 3.73. The summed E-state index contributed by atoms with van der Waals surface area (Å²) >= 11 is 0. The van der Waals surface area contributed by atoms with Gasteiger partial charge in [0.1, 0.15) is 11.2 Å². The first-order chi connectivity index (χ1) is 23.1. The molecule has 1 aliphatic rings. The largest absolute Gasteiger partial charge is 0.456 e. The second-order valence-electron chi connectivity index (χ2n) is 13.2. The van der Waals surface area contributed by atoms with Gasteiger partial charge in [0.15, 0.2) is 0 Å². The van der Waals surface area contributed by atoms with Crippen molar-refractivity contribution in [1.82, 2.24) is 9.55 Å². The second kappa shape index (κ2) is 9.54. The number of fused-ring (bicyclic) bond motifs is 10. The summed E-state index contributed by atoms with van der Waals surface area (Å²) in [5.74, 6) is 0. The van der Waals surface area contributed by atoms with E-state index < -0.39 is 0 Å². The molecule has 0 N–H and O–H groups in total. The molecule has 3 heteroatoms. The molecule has 9 aromatic rings. The Balaban J connectivity index is 1.28. The van der Waals surface area contributed by atoms with Gasteiger partial charge in [-0.25, -0.2) is 4.98 Å². The van der Waals surface area contributed by atoms with E-state index in [0.29, 0.717) is 0 Å². The molecule has 47 heavy (non-hydrogen) atoms. The lowest BCUT2D eigenvalue weighted by atomic mass is 9.81. The van der Waals surface area contributed by atoms with Crippen molar-refractivity contribution in [3.8, 4) is 39.3 Å². The van der Waals surface area contributed by atoms with E-state index in [1.54, 1.807) is 0 Å². The molecule has 0 bridgehead atoms. The molecule has 1 aliphatic carbocycles. The molecule has 3 aromatic heterocycles. The average molecular weight is 603 g/mol. The maximum Gasteiger partial charge on any atom is 0.140 e. The van der Waals surface area contributed by atoms with E-state index in [2.05, 4.69) is 158 Å². The Morgan fingerprint density at radius 2 is 1.17 bits per heavy atom. The summed E-state index contributed by atoms with van der Waals surface area (Å²) in [4.78, 5) is 5.17. The molecule has 0 spiro atoms. The number of aromatic nitrogens is 2. The monoisotopic (exact) mass is 602 g/mol. The first-order valence-electron chi connectivity index (χ1n) is 16.2. The van der Waals surface area contributed by atoms with Crippen LogP contribution in [-0.4, -0.2) is 9.55 Å². The molecule has 0 unspecified atom stereocenters. The Labute approximate surface area is 272 Å². The lowest BCUT2D eigenvalue weighted by molar-refractivity contribution is 0.620. The van der Waals surface area contributed by atoms with E-state index in [0.717, 1.165) is 39.4 Å². The lowest BCUT2D eigenvalue weighted by Crippen LogP contribution is -2.15. The number of para-hydroxylation sites is 2. The molecule has 0 aliphatic heterocycles. The predicted molar refractivity (Wildman–Crippen MR) is 194 cm³/mol. The minimum absolute atomic E-state index is 0.229. The van der Waals surface area contributed by atoms with E-state index in [1.807, 2.05) is 6.07 Å². The summed E-state index contributed by atoms with van der Waals surface area (Å²) in [5, 5.41) is 4.84. The van der Waals surface area contributed by atoms with Crippen LogP contribution in [0.25, 0.3) is 83.1 Å². The van der Waals surface area contributed by atoms with Crippen LogP contribution in [0.2, 0.25) is 0 Å². The van der Waals surface area contributed by atoms with Crippen LogP contribution in [0.5, 0.6) is 0 Å². The quantitative estimate of drug-likeness (QED) is 0.201. The molecule has 3 nitrogen and oxygen atoms in total. The zero-order valence-electron chi connectivity index (χ0n) is 26.2. The molecular weight excluding hydrogens is 572 g/mol. The maximum absolute atomic E-state index is 6.60. The maximum atomic E-state index is 6.60. The fourth-order valence-corrected chi connectivity index (χ4v) is 7.96. The van der Waals surface area contributed by atoms with Gasteiger partial charge in [-0.15, -0.1) is 0 Å². The van der Waals surface area contributed by atoms with E-state index in [1.165, 1.54) is 54.8 Å². The van der Waals surface area contributed by atoms with Crippen LogP contribution in [0.1, 0.15) is 25.0 Å². The molecule has 0 radical (unpaired) electrons. The van der Waals surface area contributed by atoms with Crippen LogP contribution in [-0.2, 0) is 5.41 Å². The third-order valence-corrected chi connectivity index (χ3v) is 10.2. The molecular formula is C44H30N2O. The van der Waals surface area contributed by atoms with Crippen LogP contribution < -0.4 is 0 Å². The molecule has 0 atom stereocenters. The van der Waals surface area contributed by atoms with E-state index in [-0.39, 0.29) is 5.41 Å². The summed E-state index contributed by atoms with van der Waals surface area (Å²) in [6, 6.07) is 52.0. The first kappa shape index (κ1) is 26.3. The van der Waals surface area contributed by atoms with Gasteiger partial charge in [0.25, 0.3) is 0 Å². The molecule has 0 fully saturated rings. The summed E-state index contributed by atoms with van der Waals surface area (Å²) in [6.45, 7) is 4.69. The van der Waals surface area contributed by atoms with Gasteiger partial charge in [-0.2, -0.15) is 0 Å². The molecule has 0 saturated carbocycles. The number of furan rings is 1. The topological polar surface area (TPSA) is 31.0 Å². The number of nitrogens with zero attached hydrogens (tertiary/aromatic N) is 2. The minimum atomic E-state index is -0.229. The van der Waals surface area contributed by atoms with Gasteiger partial charge in [-0.05, 0) is 59.2 Å². The van der Waals surface area contributed by atoms with Crippen LogP contribution in [0.15, 0.2) is 150 Å². The molecule has 222 valence electrons. The first-order valence-corrected chi connectivity index (χ1v) is 16.2. The fourth-order valence-electron chi connectivity index (χ4n) is 7.96. The third kappa shape index (κ3) is 3.71. The second-order valence-corrected chi connectivity index (χ2v) is 13.2. The number of hydrogen-bond donors (Lipinski definition) is 0. The Morgan fingerprint density at radius 3 is 1.89 bits per heavy atom. The smallest absolute Gasteiger partial charge is 0.140 e. The predicted octanol–water partition coefficient (Wildman–Crippen LogP) is 11.7. The van der Waals surface area contributed by atoms with Crippen LogP contribution >= 0.6 is 0 Å². The van der Waals surface area contributed by atoms with Gasteiger partial charge in [0.2, 0.25) is 0 Å². The highest BCUT2D eigenvalue weighted by atomic mass is 16.3. The van der Waals surface area contributed by atoms with Crippen molar-refractivity contribution in [3.63, 3.8) is 0 Å². The minimum Gasteiger partial charge on any atom is -0.456 e. The highest BCUT2D eigenvalue weighted by molar-refractivity contribution is 6.13. The number of pyridine rings is 1. The normalized spacial score (nSPS) is 13.5. The SMILES string of the molecule is CC1(C)c2cc3c4ccccc4n(-c4cc(-c5ccccc5)nc(-c5ccccc5)c4)c3cc2-c2ccc3c(oc4ccccc43)c21. The van der Waals surface area contributed by atoms with Gasteiger partial charge in [0, 0.05) is 43.7 Å². The summed E-state index contributed by atoms with van der Waals surface area (Å²) in [5.41, 5.74) is 14.4. The van der Waals surface area contributed by atoms with Crippen molar-refractivity contribution in [1.29, 1.82) is 0 Å². The Kier molecular flexibility index (Phi) is 5.34. The fraction of sp³-hybridized carbons (Fsp3) is 0.0682. The van der Waals surface area contributed by atoms with Crippen molar-refractivity contribution in [3.05, 3.63) is 157 Å². The number of rotatable bonds is 3. The van der Waals surface area contributed by atoms with Crippen LogP contribution in [0.4, 0.5) is 0 Å². The lowest BCUT2D eigenvalue weighted by Gasteiger charge is -2.21. The zero-order chi connectivity index (χ0) is 31.3. The van der Waals surface area contributed by atoms with E-state index >= 15 is 0 Å². The van der Waals surface area contributed by atoms with Crippen molar-refractivity contribution in [2.45, 2.75) is 19.3 Å². The molecule has 10 rings (SSSR count). The van der Waals surface area contributed by atoms with E-state index in [4.69, 9.17) is 9.40 Å². The van der Waals surface area contributed by atoms with Gasteiger partial charge >= 0.3 is 0 Å². The van der Waals surface area contributed by atoms with Gasteiger partial charge in [0.05, 0.1) is 28.1 Å². The standard InChI is InChI=1S/C44H30N2O/c1-44(2)36-25-35-30-17-9-11-19-39(30)46(29-23-37(27-13-5-3-6-14-27)45-38(24-29)28-15-7-4-8-16-28)40(35)26-34(36)32-21-22-33-31-18-10-12-20-41(31)47-43(33)42(32)44/h3-26H,1-2H3. The highest BCUT2D eigenvalue weighted by Crippen LogP contribution is 2.54. The van der Waals surface area contributed by atoms with E-state index in [9.17, 15) is 0 Å². The molecule has 0 saturated heterocycles. The zero-order valence-corrected chi connectivity index (χ0v) is 26.2. The third-order valence-electron chi connectivity index (χ3n) is 10.2. The van der Waals surface area contributed by atoms with Crippen molar-refractivity contribution >= 4 is 43.7 Å². The Hall–Kier alpha value is -5.93. The van der Waals surface area contributed by atoms with Crippen molar-refractivity contribution in [2.24, 2.45) is 0 Å². The summed E-state index contributed by atoms with van der Waals surface area (Å²) < 4.78 is 9.03. The van der Waals surface area contributed by atoms with Crippen LogP contribution in [0.3, 0.4) is 0 Å². The van der Waals surface area contributed by atoms with Crippen molar-refractivity contribution in [2.75, 3.05) is 0 Å². The molecule has 6 aromatic carbocycles.